The van der Waals surface area contributed by atoms with E-state index in [9.17, 15) is 0 Å². The summed E-state index contributed by atoms with van der Waals surface area (Å²) in [4.78, 5) is 2.57. The molecule has 0 atom stereocenters. The van der Waals surface area contributed by atoms with Gasteiger partial charge in [-0.15, -0.1) is 0 Å². The minimum Gasteiger partial charge on any atom is -0.341 e. The van der Waals surface area contributed by atoms with E-state index in [2.05, 4.69) is 75.9 Å². The monoisotopic (exact) mass is 421 g/mol. The molecule has 2 aromatic rings. The summed E-state index contributed by atoms with van der Waals surface area (Å²) in [5, 5.41) is 0. The highest BCUT2D eigenvalue weighted by atomic mass is 15.1. The van der Waals surface area contributed by atoms with Gasteiger partial charge in [0.15, 0.2) is 0 Å². The molecule has 2 rings (SSSR count). The van der Waals surface area contributed by atoms with Gasteiger partial charge in [-0.3, -0.25) is 0 Å². The van der Waals surface area contributed by atoms with Crippen LogP contribution in [0.1, 0.15) is 106 Å². The maximum absolute atomic E-state index is 2.57. The van der Waals surface area contributed by atoms with Crippen LogP contribution in [0.5, 0.6) is 0 Å². The van der Waals surface area contributed by atoms with Gasteiger partial charge in [0.2, 0.25) is 0 Å². The predicted octanol–water partition coefficient (Wildman–Crippen LogP) is 9.76. The van der Waals surface area contributed by atoms with Crippen LogP contribution in [0.15, 0.2) is 36.4 Å². The molecule has 172 valence electrons. The molecule has 0 heterocycles. The number of unbranched alkanes of at least 4 members (excludes halogenated alkanes) is 11. The molecule has 0 unspecified atom stereocenters. The number of hydrogen-bond acceptors (Lipinski definition) is 1. The molecule has 0 radical (unpaired) electrons. The van der Waals surface area contributed by atoms with E-state index in [1.807, 2.05) is 0 Å². The first-order valence-electron chi connectivity index (χ1n) is 13.0. The Labute approximate surface area is 193 Å². The second-order valence-electron chi connectivity index (χ2n) is 9.48. The van der Waals surface area contributed by atoms with Gasteiger partial charge in [0.25, 0.3) is 0 Å². The zero-order chi connectivity index (χ0) is 22.5. The van der Waals surface area contributed by atoms with Crippen molar-refractivity contribution >= 4 is 11.4 Å². The lowest BCUT2D eigenvalue weighted by Crippen LogP contribution is -2.21. The molecule has 0 aliphatic carbocycles. The van der Waals surface area contributed by atoms with Crippen molar-refractivity contribution in [3.63, 3.8) is 0 Å². The van der Waals surface area contributed by atoms with E-state index >= 15 is 0 Å². The van der Waals surface area contributed by atoms with E-state index in [1.165, 1.54) is 111 Å². The predicted molar refractivity (Wildman–Crippen MR) is 140 cm³/mol. The fraction of sp³-hybridized carbons (Fsp3) is 0.600. The van der Waals surface area contributed by atoms with Gasteiger partial charge in [0, 0.05) is 17.9 Å². The number of rotatable bonds is 15. The Hall–Kier alpha value is -1.76. The molecule has 0 amide bonds. The topological polar surface area (TPSA) is 3.24 Å². The Kier molecular flexibility index (Phi) is 11.8. The molecular weight excluding hydrogens is 374 g/mol. The van der Waals surface area contributed by atoms with Crippen LogP contribution in [0.3, 0.4) is 0 Å². The van der Waals surface area contributed by atoms with Crippen molar-refractivity contribution in [2.45, 2.75) is 112 Å². The molecule has 0 aliphatic rings. The van der Waals surface area contributed by atoms with E-state index in [0.717, 1.165) is 6.54 Å². The minimum absolute atomic E-state index is 1.10. The minimum atomic E-state index is 1.10. The molecule has 31 heavy (non-hydrogen) atoms. The zero-order valence-corrected chi connectivity index (χ0v) is 21.1. The Balaban J connectivity index is 1.82. The van der Waals surface area contributed by atoms with Gasteiger partial charge in [-0.2, -0.15) is 0 Å². The Morgan fingerprint density at radius 2 is 0.903 bits per heavy atom. The summed E-state index contributed by atoms with van der Waals surface area (Å²) in [7, 11) is 0. The van der Waals surface area contributed by atoms with Crippen molar-refractivity contribution in [1.29, 1.82) is 0 Å². The van der Waals surface area contributed by atoms with Crippen LogP contribution < -0.4 is 4.90 Å². The second kappa shape index (κ2) is 14.3. The normalized spacial score (nSPS) is 11.1. The largest absolute Gasteiger partial charge is 0.341 e. The first-order chi connectivity index (χ1) is 15.1. The van der Waals surface area contributed by atoms with Crippen molar-refractivity contribution < 1.29 is 0 Å². The van der Waals surface area contributed by atoms with Crippen LogP contribution >= 0.6 is 0 Å². The third-order valence-electron chi connectivity index (χ3n) is 6.97. The van der Waals surface area contributed by atoms with E-state index < -0.39 is 0 Å². The fourth-order valence-corrected chi connectivity index (χ4v) is 4.54. The molecule has 1 nitrogen and oxygen atoms in total. The average molecular weight is 422 g/mol. The van der Waals surface area contributed by atoms with Crippen LogP contribution in [-0.4, -0.2) is 6.54 Å². The molecule has 2 aromatic carbocycles. The van der Waals surface area contributed by atoms with Gasteiger partial charge in [-0.1, -0.05) is 102 Å². The van der Waals surface area contributed by atoms with Crippen LogP contribution in [0.25, 0.3) is 0 Å². The Morgan fingerprint density at radius 1 is 0.516 bits per heavy atom. The molecule has 0 saturated carbocycles. The van der Waals surface area contributed by atoms with E-state index in [4.69, 9.17) is 0 Å². The maximum atomic E-state index is 2.57. The van der Waals surface area contributed by atoms with Gasteiger partial charge >= 0.3 is 0 Å². The van der Waals surface area contributed by atoms with Gasteiger partial charge in [0.05, 0.1) is 0 Å². The van der Waals surface area contributed by atoms with Crippen molar-refractivity contribution in [3.8, 4) is 0 Å². The molecule has 0 spiro atoms. The number of benzene rings is 2. The van der Waals surface area contributed by atoms with Gasteiger partial charge in [-0.25, -0.2) is 0 Å². The van der Waals surface area contributed by atoms with Crippen molar-refractivity contribution in [2.24, 2.45) is 0 Å². The highest BCUT2D eigenvalue weighted by molar-refractivity contribution is 5.70. The Bertz CT molecular complexity index is 710. The quantitative estimate of drug-likeness (QED) is 0.259. The number of anilines is 2. The highest BCUT2D eigenvalue weighted by Gasteiger charge is 2.15. The lowest BCUT2D eigenvalue weighted by molar-refractivity contribution is 0.544. The summed E-state index contributed by atoms with van der Waals surface area (Å²) < 4.78 is 0. The van der Waals surface area contributed by atoms with E-state index in [1.54, 1.807) is 0 Å². The molecule has 1 heteroatoms. The molecular formula is C30H47N. The van der Waals surface area contributed by atoms with Gasteiger partial charge < -0.3 is 4.90 Å². The molecule has 0 saturated heterocycles. The fourth-order valence-electron chi connectivity index (χ4n) is 4.54. The smallest absolute Gasteiger partial charge is 0.0443 e. The maximum Gasteiger partial charge on any atom is 0.0443 e. The number of hydrogen-bond donors (Lipinski definition) is 0. The third-order valence-corrected chi connectivity index (χ3v) is 6.97. The first kappa shape index (κ1) is 25.5. The summed E-state index contributed by atoms with van der Waals surface area (Å²) in [6.07, 6.45) is 16.8. The summed E-state index contributed by atoms with van der Waals surface area (Å²) in [5.41, 5.74) is 8.31. The van der Waals surface area contributed by atoms with Crippen LogP contribution in [0.2, 0.25) is 0 Å². The van der Waals surface area contributed by atoms with Crippen molar-refractivity contribution in [1.82, 2.24) is 0 Å². The second-order valence-corrected chi connectivity index (χ2v) is 9.48. The first-order valence-corrected chi connectivity index (χ1v) is 13.0. The highest BCUT2D eigenvalue weighted by Crippen LogP contribution is 2.33. The third kappa shape index (κ3) is 8.36. The van der Waals surface area contributed by atoms with E-state index in [-0.39, 0.29) is 0 Å². The molecule has 0 fully saturated rings. The number of nitrogens with zero attached hydrogens (tertiary/aromatic N) is 1. The summed E-state index contributed by atoms with van der Waals surface area (Å²) in [5.74, 6) is 0. The standard InChI is InChI=1S/C30H47N/c1-6-7-8-9-10-11-12-13-14-15-16-17-24-31(29-22-18-20-25(2)27(29)4)30-23-19-21-26(3)28(30)5/h18-23H,6-17,24H2,1-5H3. The summed E-state index contributed by atoms with van der Waals surface area (Å²) >= 11 is 0. The van der Waals surface area contributed by atoms with Gasteiger partial charge in [-0.05, 0) is 68.5 Å². The average Bonchev–Trinajstić information content (AvgIpc) is 2.76. The molecule has 0 N–H and O–H groups in total. The summed E-state index contributed by atoms with van der Waals surface area (Å²) in [6.45, 7) is 12.4. The van der Waals surface area contributed by atoms with Crippen molar-refractivity contribution in [2.75, 3.05) is 11.4 Å². The van der Waals surface area contributed by atoms with Crippen molar-refractivity contribution in [3.05, 3.63) is 58.7 Å². The lowest BCUT2D eigenvalue weighted by Gasteiger charge is -2.29. The zero-order valence-electron chi connectivity index (χ0n) is 21.1. The summed E-state index contributed by atoms with van der Waals surface area (Å²) in [6, 6.07) is 13.5. The SMILES string of the molecule is CCCCCCCCCCCCCCN(c1cccc(C)c1C)c1cccc(C)c1C. The molecule has 0 aromatic heterocycles. The van der Waals surface area contributed by atoms with Gasteiger partial charge in [0.1, 0.15) is 0 Å². The van der Waals surface area contributed by atoms with Crippen LogP contribution in [0, 0.1) is 27.7 Å². The lowest BCUT2D eigenvalue weighted by atomic mass is 10.0. The van der Waals surface area contributed by atoms with Crippen LogP contribution in [-0.2, 0) is 0 Å². The molecule has 0 aliphatic heterocycles. The molecule has 0 bridgehead atoms. The Morgan fingerprint density at radius 3 is 1.32 bits per heavy atom. The number of aryl methyl sites for hydroxylation is 2. The van der Waals surface area contributed by atoms with E-state index in [0.29, 0.717) is 0 Å². The van der Waals surface area contributed by atoms with Crippen LogP contribution in [0.4, 0.5) is 11.4 Å².